The fourth-order valence-corrected chi connectivity index (χ4v) is 5.09. The third kappa shape index (κ3) is 4.58. The highest BCUT2D eigenvalue weighted by Gasteiger charge is 2.30. The number of carbonyl (C=O) groups is 2. The van der Waals surface area contributed by atoms with E-state index < -0.39 is 0 Å². The third-order valence-electron chi connectivity index (χ3n) is 2.86. The third-order valence-corrected chi connectivity index (χ3v) is 6.17. The van der Waals surface area contributed by atoms with E-state index in [0.29, 0.717) is 13.1 Å². The molecule has 2 rings (SSSR count). The molecule has 1 fully saturated rings. The van der Waals surface area contributed by atoms with E-state index >= 15 is 0 Å². The first-order valence-electron chi connectivity index (χ1n) is 6.84. The van der Waals surface area contributed by atoms with Crippen LogP contribution in [0.25, 0.3) is 0 Å². The predicted molar refractivity (Wildman–Crippen MR) is 86.0 cm³/mol. The van der Waals surface area contributed by atoms with Gasteiger partial charge >= 0.3 is 6.03 Å². The zero-order valence-corrected chi connectivity index (χ0v) is 14.4. The monoisotopic (exact) mass is 346 g/mol. The van der Waals surface area contributed by atoms with Crippen molar-refractivity contribution in [3.63, 3.8) is 0 Å². The van der Waals surface area contributed by atoms with Crippen molar-refractivity contribution < 1.29 is 9.59 Å². The van der Waals surface area contributed by atoms with Crippen LogP contribution in [-0.2, 0) is 4.79 Å². The molecule has 1 atom stereocenters. The summed E-state index contributed by atoms with van der Waals surface area (Å²) in [5.41, 5.74) is 0. The Labute approximate surface area is 136 Å². The molecule has 1 N–H and O–H groups in total. The van der Waals surface area contributed by atoms with E-state index in [1.54, 1.807) is 18.7 Å². The number of hydrogen-bond donors (Lipinski definition) is 1. The van der Waals surface area contributed by atoms with Gasteiger partial charge in [0, 0.05) is 18.8 Å². The van der Waals surface area contributed by atoms with Gasteiger partial charge in [0.2, 0.25) is 5.91 Å². The number of amides is 3. The molecule has 9 heteroatoms. The Morgan fingerprint density at radius 3 is 2.90 bits per heavy atom. The highest BCUT2D eigenvalue weighted by molar-refractivity contribution is 8.03. The Hall–Kier alpha value is -0.800. The van der Waals surface area contributed by atoms with Crippen molar-refractivity contribution in [3.8, 4) is 0 Å². The van der Waals surface area contributed by atoms with Crippen LogP contribution in [0.2, 0.25) is 0 Å². The van der Waals surface area contributed by atoms with Gasteiger partial charge in [-0.1, -0.05) is 48.2 Å². The van der Waals surface area contributed by atoms with Crippen LogP contribution in [0.4, 0.5) is 4.79 Å². The van der Waals surface area contributed by atoms with E-state index in [0.717, 1.165) is 27.3 Å². The smallest absolute Gasteiger partial charge is 0.324 e. The molecule has 1 unspecified atom stereocenters. The summed E-state index contributed by atoms with van der Waals surface area (Å²) in [6, 6.07) is -0.305. The second-order valence-electron chi connectivity index (χ2n) is 4.52. The Morgan fingerprint density at radius 1 is 1.48 bits per heavy atom. The highest BCUT2D eigenvalue weighted by Crippen LogP contribution is 2.32. The number of nitrogens with zero attached hydrogens (tertiary/aromatic N) is 3. The molecule has 0 saturated carbocycles. The minimum atomic E-state index is -0.338. The van der Waals surface area contributed by atoms with Gasteiger partial charge in [-0.05, 0) is 13.3 Å². The van der Waals surface area contributed by atoms with Crippen molar-refractivity contribution in [2.75, 3.05) is 18.8 Å². The van der Waals surface area contributed by atoms with Gasteiger partial charge in [0.15, 0.2) is 8.68 Å². The minimum Gasteiger partial charge on any atom is -0.336 e. The highest BCUT2D eigenvalue weighted by atomic mass is 32.2. The first kappa shape index (κ1) is 16.6. The van der Waals surface area contributed by atoms with Crippen LogP contribution in [0.15, 0.2) is 8.68 Å². The Bertz CT molecular complexity index is 508. The normalized spacial score (nSPS) is 16.1. The maximum atomic E-state index is 12.2. The number of imide groups is 1. The summed E-state index contributed by atoms with van der Waals surface area (Å²) >= 11 is 4.56. The second-order valence-corrected chi connectivity index (χ2v) is 8.43. The van der Waals surface area contributed by atoms with Crippen LogP contribution in [0.5, 0.6) is 0 Å². The lowest BCUT2D eigenvalue weighted by Crippen LogP contribution is -2.38. The van der Waals surface area contributed by atoms with Crippen LogP contribution < -0.4 is 5.32 Å². The number of hydrogen-bond acceptors (Lipinski definition) is 7. The van der Waals surface area contributed by atoms with Crippen molar-refractivity contribution in [1.29, 1.82) is 0 Å². The topological polar surface area (TPSA) is 75.2 Å². The molecule has 0 aromatic carbocycles. The van der Waals surface area contributed by atoms with E-state index in [2.05, 4.69) is 22.4 Å². The molecular formula is C12H18N4O2S3. The summed E-state index contributed by atoms with van der Waals surface area (Å²) in [4.78, 5) is 24.9. The quantitative estimate of drug-likeness (QED) is 0.604. The van der Waals surface area contributed by atoms with Crippen molar-refractivity contribution >= 4 is 46.8 Å². The van der Waals surface area contributed by atoms with E-state index in [9.17, 15) is 9.59 Å². The largest absolute Gasteiger partial charge is 0.336 e. The van der Waals surface area contributed by atoms with Gasteiger partial charge in [-0.25, -0.2) is 4.79 Å². The van der Waals surface area contributed by atoms with Crippen LogP contribution in [0.3, 0.4) is 0 Å². The molecule has 3 amide bonds. The van der Waals surface area contributed by atoms with Crippen molar-refractivity contribution in [1.82, 2.24) is 20.4 Å². The molecule has 0 bridgehead atoms. The number of nitrogens with one attached hydrogen (secondary N) is 1. The molecule has 116 valence electrons. The van der Waals surface area contributed by atoms with E-state index in [-0.39, 0.29) is 17.2 Å². The summed E-state index contributed by atoms with van der Waals surface area (Å²) in [5, 5.41) is 10.5. The standard InChI is InChI=1S/C12H18N4O2S3/c1-3-4-7-19-11-14-15-12(21-11)20-8(2)9(17)16-6-5-13-10(16)18/h8H,3-7H2,1-2H3,(H,13,18). The molecule has 6 nitrogen and oxygen atoms in total. The summed E-state index contributed by atoms with van der Waals surface area (Å²) in [6.45, 7) is 4.92. The van der Waals surface area contributed by atoms with E-state index in [1.165, 1.54) is 28.0 Å². The van der Waals surface area contributed by atoms with Gasteiger partial charge in [-0.15, -0.1) is 10.2 Å². The van der Waals surface area contributed by atoms with Crippen molar-refractivity contribution in [3.05, 3.63) is 0 Å². The molecule has 1 saturated heterocycles. The van der Waals surface area contributed by atoms with Gasteiger partial charge in [-0.2, -0.15) is 0 Å². The number of urea groups is 1. The SMILES string of the molecule is CCCCSc1nnc(SC(C)C(=O)N2CCNC2=O)s1. The fourth-order valence-electron chi connectivity index (χ4n) is 1.71. The molecule has 0 radical (unpaired) electrons. The number of thioether (sulfide) groups is 2. The van der Waals surface area contributed by atoms with Gasteiger partial charge in [-0.3, -0.25) is 9.69 Å². The van der Waals surface area contributed by atoms with Gasteiger partial charge in [0.25, 0.3) is 0 Å². The first-order valence-corrected chi connectivity index (χ1v) is 9.52. The molecule has 21 heavy (non-hydrogen) atoms. The Balaban J connectivity index is 1.86. The van der Waals surface area contributed by atoms with Gasteiger partial charge in [0.1, 0.15) is 0 Å². The minimum absolute atomic E-state index is 0.176. The maximum Gasteiger partial charge on any atom is 0.324 e. The number of rotatable bonds is 7. The zero-order chi connectivity index (χ0) is 15.2. The Kier molecular flexibility index (Phi) is 6.31. The fraction of sp³-hybridized carbons (Fsp3) is 0.667. The maximum absolute atomic E-state index is 12.2. The summed E-state index contributed by atoms with van der Waals surface area (Å²) in [5.74, 6) is 0.864. The second kappa shape index (κ2) is 8.00. The lowest BCUT2D eigenvalue weighted by molar-refractivity contribution is -0.126. The molecular weight excluding hydrogens is 328 g/mol. The average Bonchev–Trinajstić information content (AvgIpc) is 3.07. The van der Waals surface area contributed by atoms with E-state index in [1.807, 2.05) is 0 Å². The van der Waals surface area contributed by atoms with Crippen LogP contribution in [-0.4, -0.2) is 51.1 Å². The molecule has 1 aromatic heterocycles. The van der Waals surface area contributed by atoms with Gasteiger partial charge in [0.05, 0.1) is 5.25 Å². The molecule has 0 aliphatic carbocycles. The summed E-state index contributed by atoms with van der Waals surface area (Å²) in [6.07, 6.45) is 2.32. The number of unbranched alkanes of at least 4 members (excludes halogenated alkanes) is 1. The average molecular weight is 347 g/mol. The summed E-state index contributed by atoms with van der Waals surface area (Å²) in [7, 11) is 0. The zero-order valence-electron chi connectivity index (χ0n) is 12.0. The van der Waals surface area contributed by atoms with Crippen LogP contribution in [0, 0.1) is 0 Å². The lowest BCUT2D eigenvalue weighted by Gasteiger charge is -2.16. The van der Waals surface area contributed by atoms with Gasteiger partial charge < -0.3 is 5.32 Å². The lowest BCUT2D eigenvalue weighted by atomic mass is 10.4. The van der Waals surface area contributed by atoms with Crippen LogP contribution in [0.1, 0.15) is 26.7 Å². The predicted octanol–water partition coefficient (Wildman–Crippen LogP) is 2.46. The first-order chi connectivity index (χ1) is 10.1. The molecule has 1 aliphatic rings. The van der Waals surface area contributed by atoms with E-state index in [4.69, 9.17) is 0 Å². The molecule has 0 spiro atoms. The number of carbonyl (C=O) groups excluding carboxylic acids is 2. The van der Waals surface area contributed by atoms with Crippen molar-refractivity contribution in [2.45, 2.75) is 40.6 Å². The van der Waals surface area contributed by atoms with Crippen LogP contribution >= 0.6 is 34.9 Å². The molecule has 2 heterocycles. The Morgan fingerprint density at radius 2 is 2.24 bits per heavy atom. The molecule has 1 aliphatic heterocycles. The molecule has 1 aromatic rings. The number of aromatic nitrogens is 2. The van der Waals surface area contributed by atoms with Crippen molar-refractivity contribution in [2.24, 2.45) is 0 Å². The summed E-state index contributed by atoms with van der Waals surface area (Å²) < 4.78 is 1.71.